The van der Waals surface area contributed by atoms with Crippen molar-refractivity contribution in [3.05, 3.63) is 97.1 Å². The highest BCUT2D eigenvalue weighted by atomic mass is 32.1. The van der Waals surface area contributed by atoms with Gasteiger partial charge < -0.3 is 0 Å². The molecule has 1 aromatic heterocycles. The second-order valence-electron chi connectivity index (χ2n) is 7.82. The molecule has 1 heteroatoms. The highest BCUT2D eigenvalue weighted by Crippen LogP contribution is 2.39. The number of rotatable bonds is 1. The van der Waals surface area contributed by atoms with Gasteiger partial charge in [-0.05, 0) is 73.8 Å². The zero-order chi connectivity index (χ0) is 18.9. The van der Waals surface area contributed by atoms with Crippen molar-refractivity contribution in [2.45, 2.75) is 0 Å². The van der Waals surface area contributed by atoms with Crippen LogP contribution in [0, 0.1) is 0 Å². The third kappa shape index (κ3) is 2.14. The van der Waals surface area contributed by atoms with Crippen molar-refractivity contribution in [3.63, 3.8) is 0 Å². The summed E-state index contributed by atoms with van der Waals surface area (Å²) in [5, 5.41) is 10.7. The van der Waals surface area contributed by atoms with Crippen molar-refractivity contribution in [2.24, 2.45) is 0 Å². The van der Waals surface area contributed by atoms with Crippen molar-refractivity contribution in [3.8, 4) is 11.1 Å². The predicted octanol–water partition coefficient (Wildman–Crippen LogP) is 8.62. The van der Waals surface area contributed by atoms with Crippen LogP contribution in [-0.4, -0.2) is 0 Å². The molecule has 0 spiro atoms. The summed E-state index contributed by atoms with van der Waals surface area (Å²) < 4.78 is 2.71. The third-order valence-electron chi connectivity index (χ3n) is 6.17. The fourth-order valence-electron chi connectivity index (χ4n) is 4.83. The largest absolute Gasteiger partial charge is 0.135 e. The van der Waals surface area contributed by atoms with Gasteiger partial charge in [0.2, 0.25) is 0 Å². The molecular formula is C28H16S. The number of hydrogen-bond donors (Lipinski definition) is 0. The fraction of sp³-hybridized carbons (Fsp3) is 0. The SMILES string of the molecule is c1cc2ccc3cc(-c4ccc5sc6ccccc6c5c4)cc4ccc(c1)c2c34. The van der Waals surface area contributed by atoms with Gasteiger partial charge in [0, 0.05) is 20.2 Å². The van der Waals surface area contributed by atoms with Crippen LogP contribution in [0.4, 0.5) is 0 Å². The highest BCUT2D eigenvalue weighted by molar-refractivity contribution is 7.25. The van der Waals surface area contributed by atoms with Gasteiger partial charge in [-0.2, -0.15) is 0 Å². The van der Waals surface area contributed by atoms with Gasteiger partial charge in [0.25, 0.3) is 0 Å². The molecule has 134 valence electrons. The minimum atomic E-state index is 1.28. The van der Waals surface area contributed by atoms with Gasteiger partial charge in [0.15, 0.2) is 0 Å². The van der Waals surface area contributed by atoms with E-state index in [9.17, 15) is 0 Å². The molecule has 0 unspecified atom stereocenters. The highest BCUT2D eigenvalue weighted by Gasteiger charge is 2.11. The van der Waals surface area contributed by atoms with Gasteiger partial charge in [-0.25, -0.2) is 0 Å². The molecule has 0 aliphatic rings. The Balaban J connectivity index is 1.54. The van der Waals surface area contributed by atoms with Crippen molar-refractivity contribution in [1.82, 2.24) is 0 Å². The summed E-state index contributed by atoms with van der Waals surface area (Å²) in [4.78, 5) is 0. The van der Waals surface area contributed by atoms with Crippen LogP contribution in [0.5, 0.6) is 0 Å². The average molecular weight is 385 g/mol. The number of hydrogen-bond acceptors (Lipinski definition) is 1. The first kappa shape index (κ1) is 15.5. The smallest absolute Gasteiger partial charge is 0.0355 e. The summed E-state index contributed by atoms with van der Waals surface area (Å²) in [7, 11) is 0. The minimum Gasteiger partial charge on any atom is -0.135 e. The topological polar surface area (TPSA) is 0 Å². The lowest BCUT2D eigenvalue weighted by molar-refractivity contribution is 1.72. The van der Waals surface area contributed by atoms with E-state index in [4.69, 9.17) is 0 Å². The average Bonchev–Trinajstić information content (AvgIpc) is 3.15. The Labute approximate surface area is 172 Å². The second-order valence-corrected chi connectivity index (χ2v) is 8.90. The van der Waals surface area contributed by atoms with Crippen LogP contribution in [0.1, 0.15) is 0 Å². The van der Waals surface area contributed by atoms with Gasteiger partial charge in [0.1, 0.15) is 0 Å². The van der Waals surface area contributed by atoms with Crippen molar-refractivity contribution in [1.29, 1.82) is 0 Å². The molecule has 1 heterocycles. The quantitative estimate of drug-likeness (QED) is 0.248. The summed E-state index contributed by atoms with van der Waals surface area (Å²) >= 11 is 1.87. The first-order valence-corrected chi connectivity index (χ1v) is 10.8. The summed E-state index contributed by atoms with van der Waals surface area (Å²) in [6, 6.07) is 35.9. The van der Waals surface area contributed by atoms with Crippen LogP contribution in [0.2, 0.25) is 0 Å². The zero-order valence-electron chi connectivity index (χ0n) is 15.6. The molecule has 0 atom stereocenters. The van der Waals surface area contributed by atoms with E-state index in [0.29, 0.717) is 0 Å². The summed E-state index contributed by atoms with van der Waals surface area (Å²) in [5.41, 5.74) is 2.57. The maximum absolute atomic E-state index is 2.36. The van der Waals surface area contributed by atoms with Crippen molar-refractivity contribution in [2.75, 3.05) is 0 Å². The molecule has 0 nitrogen and oxygen atoms in total. The van der Waals surface area contributed by atoms with E-state index >= 15 is 0 Å². The van der Waals surface area contributed by atoms with Crippen molar-refractivity contribution >= 4 is 63.8 Å². The van der Waals surface area contributed by atoms with Crippen LogP contribution in [0.15, 0.2) is 97.1 Å². The third-order valence-corrected chi connectivity index (χ3v) is 7.33. The summed E-state index contributed by atoms with van der Waals surface area (Å²) in [5.74, 6) is 0. The monoisotopic (exact) mass is 384 g/mol. The lowest BCUT2D eigenvalue weighted by Gasteiger charge is -2.13. The van der Waals surface area contributed by atoms with Crippen LogP contribution in [0.25, 0.3) is 63.6 Å². The van der Waals surface area contributed by atoms with E-state index in [-0.39, 0.29) is 0 Å². The molecule has 0 amide bonds. The molecule has 0 fully saturated rings. The van der Waals surface area contributed by atoms with E-state index in [1.807, 2.05) is 11.3 Å². The number of benzene rings is 6. The first-order valence-electron chi connectivity index (χ1n) is 9.94. The Morgan fingerprint density at radius 2 is 1.07 bits per heavy atom. The lowest BCUT2D eigenvalue weighted by Crippen LogP contribution is -1.85. The summed E-state index contributed by atoms with van der Waals surface area (Å²) in [6.07, 6.45) is 0. The standard InChI is InChI=1S/C28H16S/c1-2-7-25-23(6-1)24-16-19(12-13-26(24)29-25)22-14-20-10-8-17-4-3-5-18-9-11-21(15-22)28(20)27(17)18/h1-16H. The predicted molar refractivity (Wildman–Crippen MR) is 128 cm³/mol. The molecule has 7 rings (SSSR count). The van der Waals surface area contributed by atoms with Crippen molar-refractivity contribution < 1.29 is 0 Å². The molecule has 0 radical (unpaired) electrons. The molecule has 7 aromatic rings. The van der Waals surface area contributed by atoms with Gasteiger partial charge in [-0.15, -0.1) is 11.3 Å². The van der Waals surface area contributed by atoms with Crippen LogP contribution in [0.3, 0.4) is 0 Å². The molecule has 0 saturated heterocycles. The molecule has 0 bridgehead atoms. The van der Waals surface area contributed by atoms with E-state index in [1.54, 1.807) is 0 Å². The van der Waals surface area contributed by atoms with Crippen LogP contribution < -0.4 is 0 Å². The Morgan fingerprint density at radius 1 is 0.414 bits per heavy atom. The molecular weight excluding hydrogens is 368 g/mol. The van der Waals surface area contributed by atoms with Crippen LogP contribution in [-0.2, 0) is 0 Å². The normalized spacial score (nSPS) is 12.1. The van der Waals surface area contributed by atoms with Gasteiger partial charge >= 0.3 is 0 Å². The molecule has 0 N–H and O–H groups in total. The number of thiophene rings is 1. The number of fused-ring (bicyclic) bond motifs is 3. The fourth-order valence-corrected chi connectivity index (χ4v) is 5.91. The maximum atomic E-state index is 2.36. The Hall–Kier alpha value is -3.42. The first-order chi connectivity index (χ1) is 14.3. The Morgan fingerprint density at radius 3 is 1.86 bits per heavy atom. The summed E-state index contributed by atoms with van der Waals surface area (Å²) in [6.45, 7) is 0. The molecule has 29 heavy (non-hydrogen) atoms. The Bertz CT molecular complexity index is 1640. The molecule has 6 aromatic carbocycles. The molecule has 0 saturated carbocycles. The Kier molecular flexibility index (Phi) is 2.97. The minimum absolute atomic E-state index is 1.28. The van der Waals surface area contributed by atoms with E-state index < -0.39 is 0 Å². The van der Waals surface area contributed by atoms with Gasteiger partial charge in [-0.1, -0.05) is 66.7 Å². The van der Waals surface area contributed by atoms with Gasteiger partial charge in [-0.3, -0.25) is 0 Å². The maximum Gasteiger partial charge on any atom is 0.0355 e. The molecule has 0 aliphatic carbocycles. The lowest BCUT2D eigenvalue weighted by atomic mass is 9.91. The second kappa shape index (κ2) is 5.56. The van der Waals surface area contributed by atoms with E-state index in [0.717, 1.165) is 0 Å². The zero-order valence-corrected chi connectivity index (χ0v) is 16.5. The van der Waals surface area contributed by atoms with E-state index in [2.05, 4.69) is 97.1 Å². The van der Waals surface area contributed by atoms with E-state index in [1.165, 1.54) is 63.6 Å². The van der Waals surface area contributed by atoms with Crippen LogP contribution >= 0.6 is 11.3 Å². The molecule has 0 aliphatic heterocycles. The van der Waals surface area contributed by atoms with Gasteiger partial charge in [0.05, 0.1) is 0 Å².